The molecule has 1 aromatic carbocycles. The van der Waals surface area contributed by atoms with Crippen molar-refractivity contribution < 1.29 is 17.8 Å². The average Bonchev–Trinajstić information content (AvgIpc) is 2.53. The van der Waals surface area contributed by atoms with Gasteiger partial charge in [0.05, 0.1) is 15.3 Å². The highest BCUT2D eigenvalue weighted by molar-refractivity contribution is 9.10. The van der Waals surface area contributed by atoms with E-state index in [1.807, 2.05) is 27.7 Å². The van der Waals surface area contributed by atoms with E-state index in [2.05, 4.69) is 15.9 Å². The second kappa shape index (κ2) is 4.07. The highest BCUT2D eigenvalue weighted by Gasteiger charge is 2.51. The SMILES string of the molecule is [2H]c1c(F)c([2H])c(B2OC(C)(C)C(C)(C)O2)c([2H])c1Br. The monoisotopic (exact) mass is 303 g/mol. The Bertz CT molecular complexity index is 535. The van der Waals surface area contributed by atoms with Gasteiger partial charge in [-0.1, -0.05) is 15.9 Å². The van der Waals surface area contributed by atoms with Crippen molar-refractivity contribution >= 4 is 28.5 Å². The predicted molar refractivity (Wildman–Crippen MR) is 69.8 cm³/mol. The van der Waals surface area contributed by atoms with E-state index < -0.39 is 36.2 Å². The molecule has 1 aromatic rings. The average molecular weight is 304 g/mol. The van der Waals surface area contributed by atoms with Gasteiger partial charge in [0.25, 0.3) is 0 Å². The van der Waals surface area contributed by atoms with E-state index in [9.17, 15) is 4.39 Å². The van der Waals surface area contributed by atoms with Gasteiger partial charge in [0.15, 0.2) is 0 Å². The summed E-state index contributed by atoms with van der Waals surface area (Å²) in [7, 11) is -0.994. The van der Waals surface area contributed by atoms with E-state index >= 15 is 0 Å². The van der Waals surface area contributed by atoms with E-state index in [1.165, 1.54) is 0 Å². The van der Waals surface area contributed by atoms with Crippen molar-refractivity contribution in [1.82, 2.24) is 0 Å². The lowest BCUT2D eigenvalue weighted by atomic mass is 9.79. The summed E-state index contributed by atoms with van der Waals surface area (Å²) >= 11 is 3.01. The maximum Gasteiger partial charge on any atom is 0.494 e. The van der Waals surface area contributed by atoms with Crippen LogP contribution in [0.1, 0.15) is 31.8 Å². The van der Waals surface area contributed by atoms with Crippen molar-refractivity contribution in [3.8, 4) is 0 Å². The van der Waals surface area contributed by atoms with Crippen LogP contribution in [-0.4, -0.2) is 18.3 Å². The first-order valence-electron chi connectivity index (χ1n) is 6.80. The maximum atomic E-state index is 13.9. The summed E-state index contributed by atoms with van der Waals surface area (Å²) in [6.07, 6.45) is 0. The zero-order valence-electron chi connectivity index (χ0n) is 13.1. The van der Waals surface area contributed by atoms with Gasteiger partial charge in [-0.05, 0) is 51.3 Å². The topological polar surface area (TPSA) is 18.5 Å². The van der Waals surface area contributed by atoms with Gasteiger partial charge in [-0.25, -0.2) is 4.39 Å². The smallest absolute Gasteiger partial charge is 0.399 e. The third-order valence-electron chi connectivity index (χ3n) is 3.20. The van der Waals surface area contributed by atoms with E-state index in [1.54, 1.807) is 0 Å². The molecule has 1 heterocycles. The fourth-order valence-electron chi connectivity index (χ4n) is 1.51. The lowest BCUT2D eigenvalue weighted by Crippen LogP contribution is -2.41. The zero-order chi connectivity index (χ0) is 15.5. The molecular formula is C12H15BBrFO2. The first kappa shape index (κ1) is 9.53. The summed E-state index contributed by atoms with van der Waals surface area (Å²) in [5.41, 5.74) is -1.28. The van der Waals surface area contributed by atoms with Gasteiger partial charge in [0.2, 0.25) is 0 Å². The van der Waals surface area contributed by atoms with Gasteiger partial charge in [0.1, 0.15) is 5.82 Å². The molecule has 0 atom stereocenters. The standard InChI is InChI=1S/C12H15BBrFO2/c1-11(2)12(3,4)17-13(16-11)8-5-9(14)7-10(15)6-8/h5-7H,1-4H3/i5D,6D,7D. The Morgan fingerprint density at radius 3 is 2.24 bits per heavy atom. The van der Waals surface area contributed by atoms with Gasteiger partial charge >= 0.3 is 7.12 Å². The third-order valence-corrected chi connectivity index (χ3v) is 3.59. The quantitative estimate of drug-likeness (QED) is 0.743. The minimum absolute atomic E-state index is 0.00373. The molecule has 0 spiro atoms. The molecule has 92 valence electrons. The second-order valence-corrected chi connectivity index (χ2v) is 5.80. The summed E-state index contributed by atoms with van der Waals surface area (Å²) < 4.78 is 48.7. The number of halogens is 2. The van der Waals surface area contributed by atoms with Crippen LogP contribution in [-0.2, 0) is 9.31 Å². The van der Waals surface area contributed by atoms with Crippen LogP contribution in [0.4, 0.5) is 4.39 Å². The van der Waals surface area contributed by atoms with Gasteiger partial charge in [0, 0.05) is 4.47 Å². The van der Waals surface area contributed by atoms with Crippen molar-refractivity contribution in [1.29, 1.82) is 0 Å². The number of rotatable bonds is 1. The van der Waals surface area contributed by atoms with Crippen molar-refractivity contribution in [2.24, 2.45) is 0 Å². The number of hydrogen-bond acceptors (Lipinski definition) is 2. The van der Waals surface area contributed by atoms with E-state index in [0.29, 0.717) is 0 Å². The molecule has 1 saturated heterocycles. The summed E-state index contributed by atoms with van der Waals surface area (Å²) in [5.74, 6) is -0.988. The largest absolute Gasteiger partial charge is 0.494 e. The van der Waals surface area contributed by atoms with Crippen LogP contribution in [0.5, 0.6) is 0 Å². The molecule has 0 saturated carbocycles. The number of hydrogen-bond donors (Lipinski definition) is 0. The molecule has 17 heavy (non-hydrogen) atoms. The molecule has 5 heteroatoms. The predicted octanol–water partition coefficient (Wildman–Crippen LogP) is 2.89. The van der Waals surface area contributed by atoms with Crippen molar-refractivity contribution in [2.45, 2.75) is 38.9 Å². The summed E-state index contributed by atoms with van der Waals surface area (Å²) in [6, 6.07) is -1.18. The zero-order valence-corrected chi connectivity index (χ0v) is 11.7. The molecule has 0 aromatic heterocycles. The molecule has 0 amide bonds. The van der Waals surface area contributed by atoms with Gasteiger partial charge in [-0.2, -0.15) is 0 Å². The Kier molecular flexibility index (Phi) is 2.28. The highest BCUT2D eigenvalue weighted by atomic mass is 79.9. The van der Waals surface area contributed by atoms with Crippen LogP contribution < -0.4 is 5.46 Å². The van der Waals surface area contributed by atoms with Gasteiger partial charge < -0.3 is 9.31 Å². The van der Waals surface area contributed by atoms with E-state index in [4.69, 9.17) is 13.4 Å². The molecule has 0 aliphatic carbocycles. The van der Waals surface area contributed by atoms with Crippen LogP contribution in [0, 0.1) is 5.82 Å². The summed E-state index contributed by atoms with van der Waals surface area (Å²) in [4.78, 5) is 0. The minimum atomic E-state index is -0.994. The van der Waals surface area contributed by atoms with Crippen LogP contribution in [0.2, 0.25) is 0 Å². The first-order chi connectivity index (χ1) is 8.99. The molecular weight excluding hydrogens is 286 g/mol. The van der Waals surface area contributed by atoms with Crippen molar-refractivity contribution in [3.63, 3.8) is 0 Å². The molecule has 0 radical (unpaired) electrons. The summed E-state index contributed by atoms with van der Waals surface area (Å²) in [5, 5.41) is 0. The van der Waals surface area contributed by atoms with Crippen LogP contribution in [0.3, 0.4) is 0 Å². The van der Waals surface area contributed by atoms with Gasteiger partial charge in [-0.3, -0.25) is 0 Å². The Morgan fingerprint density at radius 1 is 1.18 bits per heavy atom. The van der Waals surface area contributed by atoms with Crippen LogP contribution in [0.25, 0.3) is 0 Å². The molecule has 1 aliphatic rings. The fourth-order valence-corrected chi connectivity index (χ4v) is 1.89. The van der Waals surface area contributed by atoms with Crippen LogP contribution in [0.15, 0.2) is 22.6 Å². The van der Waals surface area contributed by atoms with Crippen molar-refractivity contribution in [3.05, 3.63) is 28.4 Å². The normalized spacial score (nSPS) is 24.4. The third kappa shape index (κ3) is 2.42. The molecule has 2 nitrogen and oxygen atoms in total. The Labute approximate surface area is 114 Å². The Balaban J connectivity index is 2.57. The molecule has 0 unspecified atom stereocenters. The van der Waals surface area contributed by atoms with Crippen molar-refractivity contribution in [2.75, 3.05) is 0 Å². The highest BCUT2D eigenvalue weighted by Crippen LogP contribution is 2.36. The first-order valence-corrected chi connectivity index (χ1v) is 6.09. The van der Waals surface area contributed by atoms with E-state index in [0.717, 1.165) is 0 Å². The molecule has 1 fully saturated rings. The summed E-state index contributed by atoms with van der Waals surface area (Å²) in [6.45, 7) is 7.35. The van der Waals surface area contributed by atoms with E-state index in [-0.39, 0.29) is 16.0 Å². The Morgan fingerprint density at radius 2 is 1.71 bits per heavy atom. The lowest BCUT2D eigenvalue weighted by molar-refractivity contribution is 0.00578. The molecule has 2 rings (SSSR count). The van der Waals surface area contributed by atoms with Gasteiger partial charge in [-0.15, -0.1) is 0 Å². The molecule has 0 N–H and O–H groups in total. The molecule has 0 bridgehead atoms. The lowest BCUT2D eigenvalue weighted by Gasteiger charge is -2.32. The Hall–Kier alpha value is -0.385. The minimum Gasteiger partial charge on any atom is -0.399 e. The molecule has 1 aliphatic heterocycles. The number of benzene rings is 1. The second-order valence-electron chi connectivity index (χ2n) is 5.00. The fraction of sp³-hybridized carbons (Fsp3) is 0.500. The van der Waals surface area contributed by atoms with Crippen LogP contribution >= 0.6 is 15.9 Å². The maximum absolute atomic E-state index is 13.9.